The quantitative estimate of drug-likeness (QED) is 0.863. The summed E-state index contributed by atoms with van der Waals surface area (Å²) in [5.74, 6) is -0.119. The van der Waals surface area contributed by atoms with Crippen LogP contribution in [-0.4, -0.2) is 30.9 Å². The lowest BCUT2D eigenvalue weighted by Gasteiger charge is -2.34. The number of rotatable bonds is 3. The van der Waals surface area contributed by atoms with Crippen LogP contribution in [0.1, 0.15) is 37.0 Å². The van der Waals surface area contributed by atoms with Gasteiger partial charge in [0.15, 0.2) is 5.69 Å². The van der Waals surface area contributed by atoms with Gasteiger partial charge in [0.05, 0.1) is 12.2 Å². The lowest BCUT2D eigenvalue weighted by Crippen LogP contribution is -2.45. The third kappa shape index (κ3) is 3.35. The number of hydrogen-bond donors (Lipinski definition) is 0. The molecular weight excluding hydrogens is 260 g/mol. The zero-order chi connectivity index (χ0) is 13.9. The van der Waals surface area contributed by atoms with Gasteiger partial charge in [0, 0.05) is 17.1 Å². The molecule has 0 saturated heterocycles. The first-order valence-electron chi connectivity index (χ1n) is 5.97. The van der Waals surface area contributed by atoms with Gasteiger partial charge in [-0.2, -0.15) is 0 Å². The Bertz CT molecular complexity index is 534. The van der Waals surface area contributed by atoms with Gasteiger partial charge in [-0.25, -0.2) is 0 Å². The molecule has 100 valence electrons. The fourth-order valence-electron chi connectivity index (χ4n) is 1.66. The fraction of sp³-hybridized carbons (Fsp3) is 0.385. The predicted molar refractivity (Wildman–Crippen MR) is 73.8 cm³/mol. The first-order chi connectivity index (χ1) is 8.98. The highest BCUT2D eigenvalue weighted by Gasteiger charge is 2.29. The lowest BCUT2D eigenvalue weighted by molar-refractivity contribution is 0.0549. The van der Waals surface area contributed by atoms with E-state index in [1.807, 2.05) is 39.0 Å². The van der Waals surface area contributed by atoms with Gasteiger partial charge in [0.2, 0.25) is 0 Å². The molecule has 2 aromatic heterocycles. The largest absolute Gasteiger partial charge is 0.326 e. The van der Waals surface area contributed by atoms with Crippen LogP contribution in [-0.2, 0) is 6.54 Å². The van der Waals surface area contributed by atoms with Gasteiger partial charge in [0.25, 0.3) is 5.91 Å². The van der Waals surface area contributed by atoms with Crippen LogP contribution < -0.4 is 0 Å². The van der Waals surface area contributed by atoms with Crippen LogP contribution in [0.3, 0.4) is 0 Å². The highest BCUT2D eigenvalue weighted by atomic mass is 32.1. The molecule has 19 heavy (non-hydrogen) atoms. The van der Waals surface area contributed by atoms with Crippen molar-refractivity contribution in [3.63, 3.8) is 0 Å². The van der Waals surface area contributed by atoms with Crippen molar-refractivity contribution in [1.29, 1.82) is 0 Å². The molecule has 0 aromatic carbocycles. The van der Waals surface area contributed by atoms with Crippen LogP contribution in [0, 0.1) is 0 Å². The summed E-state index contributed by atoms with van der Waals surface area (Å²) in [6.07, 6.45) is 1.73. The average Bonchev–Trinajstić information content (AvgIpc) is 2.89. The second kappa shape index (κ2) is 5.44. The SMILES string of the molecule is CC(C)(C)N(Cc1ccccn1)C(=O)c1csnn1. The van der Waals surface area contributed by atoms with Gasteiger partial charge in [-0.1, -0.05) is 10.6 Å². The predicted octanol–water partition coefficient (Wildman–Crippen LogP) is 2.37. The summed E-state index contributed by atoms with van der Waals surface area (Å²) in [6, 6.07) is 5.68. The van der Waals surface area contributed by atoms with Gasteiger partial charge in [-0.15, -0.1) is 5.10 Å². The van der Waals surface area contributed by atoms with Gasteiger partial charge in [0.1, 0.15) is 0 Å². The Balaban J connectivity index is 2.25. The zero-order valence-corrected chi connectivity index (χ0v) is 12.0. The van der Waals surface area contributed by atoms with Crippen LogP contribution in [0.5, 0.6) is 0 Å². The van der Waals surface area contributed by atoms with E-state index >= 15 is 0 Å². The minimum Gasteiger partial charge on any atom is -0.326 e. The molecular formula is C13H16N4OS. The standard InChI is InChI=1S/C13H16N4OS/c1-13(2,3)17(8-10-6-4-5-7-14-10)12(18)11-9-19-16-15-11/h4-7,9H,8H2,1-3H3. The molecule has 2 rings (SSSR count). The molecule has 0 bridgehead atoms. The first-order valence-corrected chi connectivity index (χ1v) is 6.81. The molecule has 0 atom stereocenters. The van der Waals surface area contributed by atoms with Crippen molar-refractivity contribution in [2.75, 3.05) is 0 Å². The molecule has 0 spiro atoms. The topological polar surface area (TPSA) is 59.0 Å². The molecule has 0 fully saturated rings. The summed E-state index contributed by atoms with van der Waals surface area (Å²) in [5.41, 5.74) is 0.933. The monoisotopic (exact) mass is 276 g/mol. The number of nitrogens with zero attached hydrogens (tertiary/aromatic N) is 4. The van der Waals surface area contributed by atoms with Crippen LogP contribution >= 0.6 is 11.5 Å². The molecule has 0 saturated carbocycles. The summed E-state index contributed by atoms with van der Waals surface area (Å²) in [5, 5.41) is 5.52. The van der Waals surface area contributed by atoms with Crippen LogP contribution in [0.4, 0.5) is 0 Å². The molecule has 0 unspecified atom stereocenters. The van der Waals surface area contributed by atoms with Crippen molar-refractivity contribution in [3.8, 4) is 0 Å². The molecule has 5 nitrogen and oxygen atoms in total. The Kier molecular flexibility index (Phi) is 3.90. The van der Waals surface area contributed by atoms with Crippen LogP contribution in [0.15, 0.2) is 29.8 Å². The summed E-state index contributed by atoms with van der Waals surface area (Å²) in [6.45, 7) is 6.44. The van der Waals surface area contributed by atoms with Gasteiger partial charge in [-0.05, 0) is 44.4 Å². The first kappa shape index (κ1) is 13.6. The molecule has 0 aliphatic rings. The summed E-state index contributed by atoms with van der Waals surface area (Å²) in [4.78, 5) is 18.5. The molecule has 0 aliphatic heterocycles. The van der Waals surface area contributed by atoms with Crippen molar-refractivity contribution >= 4 is 17.4 Å². The van der Waals surface area contributed by atoms with E-state index in [-0.39, 0.29) is 11.4 Å². The third-order valence-electron chi connectivity index (χ3n) is 2.68. The van der Waals surface area contributed by atoms with Crippen molar-refractivity contribution < 1.29 is 4.79 Å². The van der Waals surface area contributed by atoms with Gasteiger partial charge < -0.3 is 4.90 Å². The van der Waals surface area contributed by atoms with Crippen molar-refractivity contribution in [2.45, 2.75) is 32.9 Å². The van der Waals surface area contributed by atoms with Crippen molar-refractivity contribution in [1.82, 2.24) is 19.5 Å². The number of hydrogen-bond acceptors (Lipinski definition) is 5. The number of aromatic nitrogens is 3. The van der Waals surface area contributed by atoms with Gasteiger partial charge >= 0.3 is 0 Å². The zero-order valence-electron chi connectivity index (χ0n) is 11.2. The highest BCUT2D eigenvalue weighted by molar-refractivity contribution is 7.03. The van der Waals surface area contributed by atoms with Crippen LogP contribution in [0.25, 0.3) is 0 Å². The maximum Gasteiger partial charge on any atom is 0.276 e. The van der Waals surface area contributed by atoms with E-state index in [1.54, 1.807) is 16.5 Å². The molecule has 6 heteroatoms. The van der Waals surface area contributed by atoms with E-state index < -0.39 is 0 Å². The van der Waals surface area contributed by atoms with Crippen molar-refractivity contribution in [3.05, 3.63) is 41.2 Å². The van der Waals surface area contributed by atoms with E-state index in [9.17, 15) is 4.79 Å². The van der Waals surface area contributed by atoms with E-state index in [2.05, 4.69) is 14.6 Å². The van der Waals surface area contributed by atoms with Crippen LogP contribution in [0.2, 0.25) is 0 Å². The third-order valence-corrected chi connectivity index (χ3v) is 3.18. The summed E-state index contributed by atoms with van der Waals surface area (Å²) in [7, 11) is 0. The Morgan fingerprint density at radius 3 is 2.68 bits per heavy atom. The lowest BCUT2D eigenvalue weighted by atomic mass is 10.0. The molecule has 2 aromatic rings. The minimum atomic E-state index is -0.307. The van der Waals surface area contributed by atoms with Gasteiger partial charge in [-0.3, -0.25) is 9.78 Å². The molecule has 1 amide bonds. The Hall–Kier alpha value is -1.82. The highest BCUT2D eigenvalue weighted by Crippen LogP contribution is 2.19. The second-order valence-electron chi connectivity index (χ2n) is 5.17. The Morgan fingerprint density at radius 1 is 1.37 bits per heavy atom. The number of carbonyl (C=O) groups is 1. The molecule has 0 aliphatic carbocycles. The summed E-state index contributed by atoms with van der Waals surface area (Å²) < 4.78 is 3.74. The molecule has 0 radical (unpaired) electrons. The summed E-state index contributed by atoms with van der Waals surface area (Å²) >= 11 is 1.18. The molecule has 2 heterocycles. The van der Waals surface area contributed by atoms with Crippen molar-refractivity contribution in [2.24, 2.45) is 0 Å². The minimum absolute atomic E-state index is 0.119. The number of amides is 1. The maximum absolute atomic E-state index is 12.5. The van der Waals surface area contributed by atoms with E-state index in [0.717, 1.165) is 5.69 Å². The van der Waals surface area contributed by atoms with E-state index in [1.165, 1.54) is 11.5 Å². The maximum atomic E-state index is 12.5. The Morgan fingerprint density at radius 2 is 2.16 bits per heavy atom. The number of carbonyl (C=O) groups excluding carboxylic acids is 1. The smallest absolute Gasteiger partial charge is 0.276 e. The Labute approximate surface area is 116 Å². The average molecular weight is 276 g/mol. The fourth-order valence-corrected chi connectivity index (χ4v) is 2.09. The van der Waals surface area contributed by atoms with E-state index in [0.29, 0.717) is 12.2 Å². The van der Waals surface area contributed by atoms with E-state index in [4.69, 9.17) is 0 Å². The second-order valence-corrected chi connectivity index (χ2v) is 5.78. The molecule has 0 N–H and O–H groups in total. The normalized spacial score (nSPS) is 11.3. The number of pyridine rings is 1.